The van der Waals surface area contributed by atoms with Crippen LogP contribution in [-0.2, 0) is 9.59 Å². The van der Waals surface area contributed by atoms with E-state index in [1.165, 1.54) is 37.7 Å². The number of hydrogen-bond donors (Lipinski definition) is 0. The Bertz CT molecular complexity index is 668. The van der Waals surface area contributed by atoms with E-state index in [2.05, 4.69) is 25.1 Å². The summed E-state index contributed by atoms with van der Waals surface area (Å²) in [6.07, 6.45) is 7.54. The predicted octanol–water partition coefficient (Wildman–Crippen LogP) is 2.01. The Morgan fingerprint density at radius 1 is 1.17 bits per heavy atom. The summed E-state index contributed by atoms with van der Waals surface area (Å²) < 4.78 is 5.87. The third-order valence-corrected chi connectivity index (χ3v) is 5.04. The summed E-state index contributed by atoms with van der Waals surface area (Å²) in [7, 11) is 4.31. The lowest BCUT2D eigenvalue weighted by Gasteiger charge is -2.33. The molecule has 0 aromatic heterocycles. The van der Waals surface area contributed by atoms with Crippen molar-refractivity contribution in [2.75, 3.05) is 27.2 Å². The van der Waals surface area contributed by atoms with Crippen LogP contribution in [0.2, 0.25) is 5.02 Å². The Kier molecular flexibility index (Phi) is 11.4. The minimum Gasteiger partial charge on any atom is -0.545 e. The lowest BCUT2D eigenvalue weighted by atomic mass is 9.76. The van der Waals surface area contributed by atoms with Gasteiger partial charge in [0.1, 0.15) is 5.75 Å². The predicted molar refractivity (Wildman–Crippen MR) is 110 cm³/mol. The summed E-state index contributed by atoms with van der Waals surface area (Å²) in [4.78, 5) is 21.1. The Labute approximate surface area is 178 Å². The Morgan fingerprint density at radius 3 is 2.24 bits per heavy atom. The van der Waals surface area contributed by atoms with Crippen molar-refractivity contribution < 1.29 is 24.5 Å². The van der Waals surface area contributed by atoms with E-state index >= 15 is 0 Å². The second-order valence-electron chi connectivity index (χ2n) is 7.35. The molecule has 2 rings (SSSR count). The molecule has 1 aliphatic carbocycles. The van der Waals surface area contributed by atoms with Crippen molar-refractivity contribution >= 4 is 23.5 Å². The van der Waals surface area contributed by atoms with Gasteiger partial charge in [-0.25, -0.2) is 0 Å². The molecular weight excluding hydrogens is 394 g/mol. The van der Waals surface area contributed by atoms with Crippen molar-refractivity contribution in [2.24, 2.45) is 5.92 Å². The summed E-state index contributed by atoms with van der Waals surface area (Å²) in [5.41, 5.74) is 1.30. The zero-order valence-electron chi connectivity index (χ0n) is 17.4. The number of carboxylic acids is 2. The largest absolute Gasteiger partial charge is 0.545 e. The van der Waals surface area contributed by atoms with Gasteiger partial charge in [-0.3, -0.25) is 0 Å². The molecule has 29 heavy (non-hydrogen) atoms. The molecule has 0 heterocycles. The molecule has 1 aromatic carbocycles. The number of carboxylic acid groups (broad SMARTS) is 2. The minimum absolute atomic E-state index is 0.384. The maximum absolute atomic E-state index is 9.41. The van der Waals surface area contributed by atoms with Gasteiger partial charge in [-0.1, -0.05) is 30.9 Å². The smallest absolute Gasteiger partial charge is 0.122 e. The Morgan fingerprint density at radius 2 is 1.76 bits per heavy atom. The van der Waals surface area contributed by atoms with Gasteiger partial charge in [0.2, 0.25) is 0 Å². The number of nitrogens with zero attached hydrogens (tertiary/aromatic N) is 1. The second kappa shape index (κ2) is 13.2. The maximum Gasteiger partial charge on any atom is 0.122 e. The molecule has 1 aliphatic rings. The van der Waals surface area contributed by atoms with Gasteiger partial charge in [-0.15, -0.1) is 0 Å². The van der Waals surface area contributed by atoms with E-state index in [1.807, 2.05) is 19.1 Å². The first-order valence-corrected chi connectivity index (χ1v) is 10.3. The normalized spacial score (nSPS) is 15.6. The van der Waals surface area contributed by atoms with Crippen LogP contribution in [0.1, 0.15) is 50.5 Å². The van der Waals surface area contributed by atoms with Crippen LogP contribution >= 0.6 is 11.6 Å². The highest BCUT2D eigenvalue weighted by Crippen LogP contribution is 2.40. The summed E-state index contributed by atoms with van der Waals surface area (Å²) in [6.45, 7) is 3.80. The summed E-state index contributed by atoms with van der Waals surface area (Å²) in [5, 5.41) is 19.6. The van der Waals surface area contributed by atoms with Crippen molar-refractivity contribution in [1.29, 1.82) is 0 Å². The number of rotatable bonds is 8. The standard InChI is InChI=1S/C18H28ClNO.C4H4O4/c1-4-21-18-11-10-15(19)12-16(18)17(13-20(2)3)14-8-6-5-7-9-14;5-3(6)1-2-4(7)8/h10-12,14,17H,4-9,13H2,1-3H3;1-2H,(H,5,6)(H,7,8)/p-2/b;2-1-. The monoisotopic (exact) mass is 423 g/mol. The molecular formula is C22H30ClNO5-2. The van der Waals surface area contributed by atoms with Crippen LogP contribution in [0.3, 0.4) is 0 Å². The molecule has 0 saturated heterocycles. The fourth-order valence-electron chi connectivity index (χ4n) is 3.66. The molecule has 162 valence electrons. The lowest BCUT2D eigenvalue weighted by molar-refractivity contribution is -0.301. The quantitative estimate of drug-likeness (QED) is 0.594. The van der Waals surface area contributed by atoms with Gasteiger partial charge in [-0.2, -0.15) is 0 Å². The minimum atomic E-state index is -1.55. The number of aliphatic carboxylic acids is 2. The van der Waals surface area contributed by atoms with E-state index < -0.39 is 11.9 Å². The van der Waals surface area contributed by atoms with Crippen molar-refractivity contribution in [3.63, 3.8) is 0 Å². The molecule has 1 saturated carbocycles. The van der Waals surface area contributed by atoms with Crippen LogP contribution in [0.4, 0.5) is 0 Å². The van der Waals surface area contributed by atoms with Crippen LogP contribution in [0.25, 0.3) is 0 Å². The molecule has 1 atom stereocenters. The van der Waals surface area contributed by atoms with Crippen LogP contribution in [0.5, 0.6) is 5.75 Å². The zero-order chi connectivity index (χ0) is 21.8. The number of halogens is 1. The topological polar surface area (TPSA) is 92.7 Å². The van der Waals surface area contributed by atoms with E-state index in [4.69, 9.17) is 16.3 Å². The molecule has 6 nitrogen and oxygen atoms in total. The zero-order valence-corrected chi connectivity index (χ0v) is 18.1. The molecule has 0 amide bonds. The third-order valence-electron chi connectivity index (χ3n) is 4.81. The SMILES string of the molecule is CCOc1ccc(Cl)cc1C(CN(C)C)C1CCCCC1.O=C([O-])/C=C\C(=O)[O-]. The molecule has 1 fully saturated rings. The summed E-state index contributed by atoms with van der Waals surface area (Å²) >= 11 is 6.27. The number of ether oxygens (including phenoxy) is 1. The molecule has 0 spiro atoms. The Hall–Kier alpha value is -2.05. The van der Waals surface area contributed by atoms with Crippen molar-refractivity contribution in [1.82, 2.24) is 4.90 Å². The molecule has 1 unspecified atom stereocenters. The van der Waals surface area contributed by atoms with Crippen molar-refractivity contribution in [3.05, 3.63) is 40.9 Å². The van der Waals surface area contributed by atoms with Gasteiger partial charge in [0.15, 0.2) is 0 Å². The van der Waals surface area contributed by atoms with Gasteiger partial charge >= 0.3 is 0 Å². The summed E-state index contributed by atoms with van der Waals surface area (Å²) in [5.74, 6) is -0.818. The van der Waals surface area contributed by atoms with Gasteiger partial charge in [0.05, 0.1) is 18.5 Å². The highest BCUT2D eigenvalue weighted by molar-refractivity contribution is 6.30. The van der Waals surface area contributed by atoms with Gasteiger partial charge < -0.3 is 29.4 Å². The van der Waals surface area contributed by atoms with E-state index in [-0.39, 0.29) is 0 Å². The van der Waals surface area contributed by atoms with Crippen LogP contribution < -0.4 is 14.9 Å². The van der Waals surface area contributed by atoms with Gasteiger partial charge in [0.25, 0.3) is 0 Å². The van der Waals surface area contributed by atoms with E-state index in [9.17, 15) is 19.8 Å². The molecule has 0 radical (unpaired) electrons. The average Bonchev–Trinajstić information content (AvgIpc) is 2.67. The fraction of sp³-hybridized carbons (Fsp3) is 0.545. The number of likely N-dealkylation sites (N-methyl/N-ethyl adjacent to an activating group) is 1. The van der Waals surface area contributed by atoms with Gasteiger partial charge in [-0.05, 0) is 70.1 Å². The first kappa shape index (κ1) is 25.0. The molecule has 0 bridgehead atoms. The lowest BCUT2D eigenvalue weighted by Crippen LogP contribution is -2.27. The number of carbonyl (C=O) groups excluding carboxylic acids is 2. The van der Waals surface area contributed by atoms with Crippen LogP contribution in [-0.4, -0.2) is 44.1 Å². The first-order chi connectivity index (χ1) is 13.7. The summed E-state index contributed by atoms with van der Waals surface area (Å²) in [6, 6.07) is 6.09. The van der Waals surface area contributed by atoms with E-state index in [1.54, 1.807) is 0 Å². The average molecular weight is 424 g/mol. The van der Waals surface area contributed by atoms with E-state index in [0.717, 1.165) is 23.2 Å². The third kappa shape index (κ3) is 9.81. The van der Waals surface area contributed by atoms with Crippen molar-refractivity contribution in [2.45, 2.75) is 44.9 Å². The van der Waals surface area contributed by atoms with Crippen molar-refractivity contribution in [3.8, 4) is 5.75 Å². The van der Waals surface area contributed by atoms with Crippen LogP contribution in [0.15, 0.2) is 30.4 Å². The molecule has 0 N–H and O–H groups in total. The fourth-order valence-corrected chi connectivity index (χ4v) is 3.84. The second-order valence-corrected chi connectivity index (χ2v) is 7.79. The number of carbonyl (C=O) groups is 2. The molecule has 7 heteroatoms. The Balaban J connectivity index is 0.000000447. The molecule has 1 aromatic rings. The first-order valence-electron chi connectivity index (χ1n) is 9.91. The number of benzene rings is 1. The maximum atomic E-state index is 9.41. The highest BCUT2D eigenvalue weighted by Gasteiger charge is 2.28. The number of hydrogen-bond acceptors (Lipinski definition) is 6. The van der Waals surface area contributed by atoms with Crippen LogP contribution in [0, 0.1) is 5.92 Å². The highest BCUT2D eigenvalue weighted by atomic mass is 35.5. The van der Waals surface area contributed by atoms with E-state index in [0.29, 0.717) is 24.7 Å². The molecule has 0 aliphatic heterocycles. The van der Waals surface area contributed by atoms with Gasteiger partial charge in [0, 0.05) is 23.0 Å².